The Kier molecular flexibility index (Phi) is 7.35. The molecular formula is C25H23IN4O2. The van der Waals surface area contributed by atoms with Crippen LogP contribution in [0.4, 0.5) is 0 Å². The summed E-state index contributed by atoms with van der Waals surface area (Å²) < 4.78 is 4.24. The molecule has 162 valence electrons. The number of allylic oxidation sites excluding steroid dienone is 1. The van der Waals surface area contributed by atoms with Gasteiger partial charge in [0.15, 0.2) is 0 Å². The molecule has 0 atom stereocenters. The summed E-state index contributed by atoms with van der Waals surface area (Å²) in [5.41, 5.74) is 3.30. The number of aromatic hydroxyl groups is 1. The van der Waals surface area contributed by atoms with Gasteiger partial charge in [0.2, 0.25) is 0 Å². The number of aromatic amines is 1. The van der Waals surface area contributed by atoms with Gasteiger partial charge in [0.25, 0.3) is 0 Å². The first-order valence-corrected chi connectivity index (χ1v) is 14.1. The van der Waals surface area contributed by atoms with Crippen molar-refractivity contribution in [3.8, 4) is 17.6 Å². The molecule has 0 unspecified atom stereocenters. The Bertz CT molecular complexity index is 1210. The number of aromatic nitrogens is 2. The van der Waals surface area contributed by atoms with E-state index in [9.17, 15) is 9.90 Å². The number of aryl methyl sites for hydroxylation is 1. The molecule has 7 heteroatoms. The third kappa shape index (κ3) is 5.86. The van der Waals surface area contributed by atoms with E-state index in [4.69, 9.17) is 0 Å². The van der Waals surface area contributed by atoms with Crippen LogP contribution in [0.2, 0.25) is 0 Å². The topological polar surface area (TPSA) is 90.4 Å². The van der Waals surface area contributed by atoms with Crippen LogP contribution in [0.1, 0.15) is 33.5 Å². The average Bonchev–Trinajstić information content (AvgIpc) is 3.34. The number of carbonyl (C=O) groups is 1. The number of aliphatic imine (C=N–C) groups is 1. The molecule has 0 fully saturated rings. The summed E-state index contributed by atoms with van der Waals surface area (Å²) in [4.78, 5) is 17.2. The van der Waals surface area contributed by atoms with Gasteiger partial charge in [-0.25, -0.2) is 0 Å². The second-order valence-corrected chi connectivity index (χ2v) is 12.0. The minimum absolute atomic E-state index is 0.106. The number of phenolic OH excluding ortho intramolecular Hbond substituents is 1. The normalized spacial score (nSPS) is 13.4. The zero-order chi connectivity index (χ0) is 22.2. The fraction of sp³-hybridized carbons (Fsp3) is 0.160. The van der Waals surface area contributed by atoms with Crippen molar-refractivity contribution in [2.45, 2.75) is 12.8 Å². The van der Waals surface area contributed by atoms with Crippen molar-refractivity contribution in [2.75, 3.05) is 11.1 Å². The third-order valence-corrected chi connectivity index (χ3v) is 9.62. The molecule has 2 heterocycles. The quantitative estimate of drug-likeness (QED) is 0.145. The van der Waals surface area contributed by atoms with Crippen molar-refractivity contribution < 1.29 is 9.90 Å². The molecule has 32 heavy (non-hydrogen) atoms. The van der Waals surface area contributed by atoms with Crippen molar-refractivity contribution in [1.29, 1.82) is 0 Å². The fourth-order valence-electron chi connectivity index (χ4n) is 3.18. The number of nitrogens with one attached hydrogen (secondary N) is 2. The number of H-pyrrole nitrogens is 1. The second-order valence-electron chi connectivity index (χ2n) is 7.13. The van der Waals surface area contributed by atoms with Crippen molar-refractivity contribution in [3.05, 3.63) is 90.8 Å². The number of nitrogens with zero attached hydrogens (tertiary/aromatic N) is 2. The Labute approximate surface area is 194 Å². The Morgan fingerprint density at radius 2 is 2.16 bits per heavy atom. The van der Waals surface area contributed by atoms with Crippen LogP contribution in [0.3, 0.4) is 0 Å². The van der Waals surface area contributed by atoms with Crippen molar-refractivity contribution in [3.63, 3.8) is 0 Å². The molecule has 1 aromatic heterocycles. The molecule has 3 aromatic rings. The van der Waals surface area contributed by atoms with E-state index in [1.165, 1.54) is 3.57 Å². The van der Waals surface area contributed by atoms with Crippen molar-refractivity contribution in [2.24, 2.45) is 4.99 Å². The van der Waals surface area contributed by atoms with E-state index < -0.39 is 19.8 Å². The number of hydrogen-bond acceptors (Lipinski definition) is 4. The summed E-state index contributed by atoms with van der Waals surface area (Å²) in [5.74, 6) is 6.44. The Morgan fingerprint density at radius 1 is 1.22 bits per heavy atom. The van der Waals surface area contributed by atoms with E-state index in [1.807, 2.05) is 42.8 Å². The van der Waals surface area contributed by atoms with Crippen LogP contribution in [0.15, 0.2) is 70.0 Å². The van der Waals surface area contributed by atoms with Gasteiger partial charge in [-0.05, 0) is 0 Å². The van der Waals surface area contributed by atoms with Crippen LogP contribution < -0.4 is 5.32 Å². The Hall–Kier alpha value is -3.38. The number of phenols is 1. The number of alkyl halides is 1. The number of carbonyl (C=O) groups excluding carboxylic acids is 1. The first-order chi connectivity index (χ1) is 15.7. The van der Waals surface area contributed by atoms with E-state index in [1.54, 1.807) is 24.4 Å². The first kappa shape index (κ1) is 21.8. The summed E-state index contributed by atoms with van der Waals surface area (Å²) in [6, 6.07) is 12.7. The summed E-state index contributed by atoms with van der Waals surface area (Å²) >= 11 is -1.64. The van der Waals surface area contributed by atoms with Gasteiger partial charge in [-0.15, -0.1) is 0 Å². The Balaban J connectivity index is 1.52. The van der Waals surface area contributed by atoms with E-state index in [0.29, 0.717) is 12.1 Å². The molecule has 4 rings (SSSR count). The molecular weight excluding hydrogens is 515 g/mol. The van der Waals surface area contributed by atoms with Gasteiger partial charge in [-0.2, -0.15) is 0 Å². The SMILES string of the molecule is O=C(NCCCc1cn[nH]c1)c1ccc(I2C=CC=NC2)c(C#Cc2cccc(O)c2)c1. The zero-order valence-electron chi connectivity index (χ0n) is 17.4. The summed E-state index contributed by atoms with van der Waals surface area (Å²) in [6.07, 6.45) is 9.19. The van der Waals surface area contributed by atoms with Crippen LogP contribution in [0, 0.1) is 15.4 Å². The maximum atomic E-state index is 12.7. The van der Waals surface area contributed by atoms with E-state index in [-0.39, 0.29) is 11.7 Å². The molecule has 3 N–H and O–H groups in total. The van der Waals surface area contributed by atoms with Crippen molar-refractivity contribution in [1.82, 2.24) is 15.5 Å². The molecule has 0 saturated heterocycles. The monoisotopic (exact) mass is 538 g/mol. The zero-order valence-corrected chi connectivity index (χ0v) is 19.5. The average molecular weight is 538 g/mol. The van der Waals surface area contributed by atoms with Crippen molar-refractivity contribution >= 4 is 31.9 Å². The summed E-state index contributed by atoms with van der Waals surface area (Å²) in [7, 11) is 0. The molecule has 2 aromatic carbocycles. The van der Waals surface area contributed by atoms with Gasteiger partial charge in [0, 0.05) is 0 Å². The van der Waals surface area contributed by atoms with Crippen LogP contribution >= 0.6 is 19.8 Å². The molecule has 0 radical (unpaired) electrons. The van der Waals surface area contributed by atoms with Crippen LogP contribution in [0.25, 0.3) is 0 Å². The molecule has 6 nitrogen and oxygen atoms in total. The predicted molar refractivity (Wildman–Crippen MR) is 135 cm³/mol. The third-order valence-electron chi connectivity index (χ3n) is 4.77. The molecule has 0 bridgehead atoms. The van der Waals surface area contributed by atoms with Gasteiger partial charge in [-0.1, -0.05) is 0 Å². The van der Waals surface area contributed by atoms with E-state index >= 15 is 0 Å². The summed E-state index contributed by atoms with van der Waals surface area (Å²) in [5, 5.41) is 19.4. The number of amides is 1. The second kappa shape index (κ2) is 10.8. The number of halogens is 1. The first-order valence-electron chi connectivity index (χ1n) is 10.2. The summed E-state index contributed by atoms with van der Waals surface area (Å²) in [6.45, 7) is 0.589. The fourth-order valence-corrected chi connectivity index (χ4v) is 7.18. The van der Waals surface area contributed by atoms with Crippen LogP contribution in [-0.4, -0.2) is 38.5 Å². The van der Waals surface area contributed by atoms with Gasteiger partial charge >= 0.3 is 195 Å². The Morgan fingerprint density at radius 3 is 2.94 bits per heavy atom. The molecule has 0 spiro atoms. The maximum absolute atomic E-state index is 12.7. The van der Waals surface area contributed by atoms with Gasteiger partial charge in [-0.3, -0.25) is 0 Å². The standard InChI is InChI=1S/C25H23IN4O2/c31-23-6-1-4-19(14-23)7-8-21-15-22(9-10-24(21)26-11-3-12-27-18-26)25(32)28-13-2-5-20-16-29-30-17-20/h1,3-4,6,9-12,14-17,31H,2,5,13,18H2,(H,28,32)(H,29,30). The van der Waals surface area contributed by atoms with Gasteiger partial charge in [0.1, 0.15) is 0 Å². The van der Waals surface area contributed by atoms with Gasteiger partial charge in [0.05, 0.1) is 0 Å². The molecule has 0 saturated carbocycles. The molecule has 1 aliphatic rings. The molecule has 1 aliphatic heterocycles. The number of rotatable bonds is 6. The van der Waals surface area contributed by atoms with E-state index in [2.05, 4.69) is 36.4 Å². The van der Waals surface area contributed by atoms with Crippen LogP contribution in [0.5, 0.6) is 5.75 Å². The number of benzene rings is 2. The minimum atomic E-state index is -1.64. The number of hydrogen-bond donors (Lipinski definition) is 3. The van der Waals surface area contributed by atoms with Gasteiger partial charge < -0.3 is 0 Å². The molecule has 1 amide bonds. The molecule has 0 aliphatic carbocycles. The van der Waals surface area contributed by atoms with Crippen LogP contribution in [-0.2, 0) is 6.42 Å². The van der Waals surface area contributed by atoms with E-state index in [0.717, 1.165) is 34.1 Å². The predicted octanol–water partition coefficient (Wildman–Crippen LogP) is 4.11.